The van der Waals surface area contributed by atoms with Gasteiger partial charge >= 0.3 is 0 Å². The Hall–Kier alpha value is -1.28. The lowest BCUT2D eigenvalue weighted by atomic mass is 9.99. The van der Waals surface area contributed by atoms with Crippen LogP contribution in [0.15, 0.2) is 23.1 Å². The van der Waals surface area contributed by atoms with Gasteiger partial charge in [-0.1, -0.05) is 12.1 Å². The third-order valence-electron chi connectivity index (χ3n) is 3.00. The van der Waals surface area contributed by atoms with Crippen LogP contribution in [-0.4, -0.2) is 33.9 Å². The molecule has 19 heavy (non-hydrogen) atoms. The van der Waals surface area contributed by atoms with Crippen molar-refractivity contribution in [1.82, 2.24) is 5.32 Å². The topological polar surface area (TPSA) is 98.5 Å². The van der Waals surface area contributed by atoms with Crippen LogP contribution in [0, 0.1) is 0 Å². The van der Waals surface area contributed by atoms with Crippen LogP contribution in [0.25, 0.3) is 0 Å². The number of morpholine rings is 1. The Morgan fingerprint density at radius 2 is 2.21 bits per heavy atom. The van der Waals surface area contributed by atoms with Crippen LogP contribution >= 0.6 is 0 Å². The second-order valence-electron chi connectivity index (χ2n) is 4.38. The second kappa shape index (κ2) is 5.38. The summed E-state index contributed by atoms with van der Waals surface area (Å²) < 4.78 is 28.9. The van der Waals surface area contributed by atoms with E-state index in [-0.39, 0.29) is 10.7 Å². The minimum Gasteiger partial charge on any atom is -0.371 e. The van der Waals surface area contributed by atoms with E-state index in [0.717, 1.165) is 0 Å². The Labute approximate surface area is 112 Å². The predicted octanol–water partition coefficient (Wildman–Crippen LogP) is 0.198. The van der Waals surface area contributed by atoms with E-state index in [0.29, 0.717) is 30.8 Å². The summed E-state index contributed by atoms with van der Waals surface area (Å²) in [5.74, 6) is -0.213. The molecule has 1 atom stereocenters. The second-order valence-corrected chi connectivity index (χ2v) is 5.91. The molecule has 3 N–H and O–H groups in total. The number of Topliss-reactive ketones (excluding diaryl/α,β-unsaturated/α-hetero) is 1. The molecule has 0 amide bonds. The van der Waals surface area contributed by atoms with Gasteiger partial charge in [-0.2, -0.15) is 0 Å². The van der Waals surface area contributed by atoms with Gasteiger partial charge in [0.2, 0.25) is 10.0 Å². The van der Waals surface area contributed by atoms with Crippen molar-refractivity contribution in [2.24, 2.45) is 5.14 Å². The molecule has 104 valence electrons. The molecule has 0 aromatic heterocycles. The lowest BCUT2D eigenvalue weighted by Crippen LogP contribution is -2.35. The van der Waals surface area contributed by atoms with Crippen LogP contribution in [0.3, 0.4) is 0 Å². The largest absolute Gasteiger partial charge is 0.371 e. The van der Waals surface area contributed by atoms with Crippen molar-refractivity contribution in [3.8, 4) is 0 Å². The van der Waals surface area contributed by atoms with Gasteiger partial charge in [-0.25, -0.2) is 13.6 Å². The first kappa shape index (κ1) is 14.1. The maximum absolute atomic E-state index is 11.7. The number of hydrogen-bond donors (Lipinski definition) is 2. The minimum absolute atomic E-state index is 0.0473. The summed E-state index contributed by atoms with van der Waals surface area (Å²) in [5.41, 5.74) is 0.685. The van der Waals surface area contributed by atoms with Crippen molar-refractivity contribution in [2.75, 3.05) is 19.7 Å². The number of sulfonamides is 1. The number of ketones is 1. The standard InChI is InChI=1S/C12H16N2O4S/c1-8(15)9-3-2-4-11(19(13,16)17)12(9)10-7-14-5-6-18-10/h2-4,10,14H,5-7H2,1H3,(H2,13,16,17). The highest BCUT2D eigenvalue weighted by Crippen LogP contribution is 2.29. The molecule has 0 saturated carbocycles. The summed E-state index contributed by atoms with van der Waals surface area (Å²) in [5, 5.41) is 8.32. The van der Waals surface area contributed by atoms with E-state index in [2.05, 4.69) is 5.32 Å². The molecule has 1 aliphatic heterocycles. The summed E-state index contributed by atoms with van der Waals surface area (Å²) in [6, 6.07) is 4.50. The predicted molar refractivity (Wildman–Crippen MR) is 69.4 cm³/mol. The maximum Gasteiger partial charge on any atom is 0.238 e. The Morgan fingerprint density at radius 1 is 1.47 bits per heavy atom. The molecule has 1 heterocycles. The van der Waals surface area contributed by atoms with Gasteiger partial charge in [-0.15, -0.1) is 0 Å². The molecule has 1 unspecified atom stereocenters. The molecule has 1 aliphatic rings. The summed E-state index contributed by atoms with van der Waals surface area (Å²) in [6.45, 7) is 3.00. The first-order chi connectivity index (χ1) is 8.91. The van der Waals surface area contributed by atoms with Gasteiger partial charge in [-0.3, -0.25) is 4.79 Å². The van der Waals surface area contributed by atoms with Crippen molar-refractivity contribution in [3.63, 3.8) is 0 Å². The van der Waals surface area contributed by atoms with Crippen molar-refractivity contribution >= 4 is 15.8 Å². The molecular weight excluding hydrogens is 268 g/mol. The first-order valence-corrected chi connectivity index (χ1v) is 7.45. The van der Waals surface area contributed by atoms with Gasteiger partial charge in [0.25, 0.3) is 0 Å². The average molecular weight is 284 g/mol. The summed E-state index contributed by atoms with van der Waals surface area (Å²) >= 11 is 0. The van der Waals surface area contributed by atoms with Crippen LogP contribution in [0.2, 0.25) is 0 Å². The van der Waals surface area contributed by atoms with Crippen molar-refractivity contribution < 1.29 is 17.9 Å². The van der Waals surface area contributed by atoms with Crippen LogP contribution in [-0.2, 0) is 14.8 Å². The fourth-order valence-electron chi connectivity index (χ4n) is 2.18. The molecule has 1 aromatic rings. The zero-order chi connectivity index (χ0) is 14.0. The van der Waals surface area contributed by atoms with Crippen LogP contribution < -0.4 is 10.5 Å². The van der Waals surface area contributed by atoms with Crippen molar-refractivity contribution in [1.29, 1.82) is 0 Å². The molecule has 0 spiro atoms. The number of carbonyl (C=O) groups excluding carboxylic acids is 1. The summed E-state index contributed by atoms with van der Waals surface area (Å²) in [4.78, 5) is 11.6. The van der Waals surface area contributed by atoms with Gasteiger partial charge in [0, 0.05) is 24.2 Å². The van der Waals surface area contributed by atoms with E-state index in [1.807, 2.05) is 0 Å². The fourth-order valence-corrected chi connectivity index (χ4v) is 3.00. The number of carbonyl (C=O) groups is 1. The molecule has 0 aliphatic carbocycles. The molecule has 1 fully saturated rings. The quantitative estimate of drug-likeness (QED) is 0.772. The third kappa shape index (κ3) is 3.01. The third-order valence-corrected chi connectivity index (χ3v) is 3.97. The molecule has 1 aromatic carbocycles. The minimum atomic E-state index is -3.90. The van der Waals surface area contributed by atoms with E-state index in [4.69, 9.17) is 9.88 Å². The lowest BCUT2D eigenvalue weighted by molar-refractivity contribution is 0.0254. The first-order valence-electron chi connectivity index (χ1n) is 5.90. The summed E-state index contributed by atoms with van der Waals surface area (Å²) in [6.07, 6.45) is -0.484. The number of rotatable bonds is 3. The Kier molecular flexibility index (Phi) is 4.00. The maximum atomic E-state index is 11.7. The number of benzene rings is 1. The number of nitrogens with two attached hydrogens (primary N) is 1. The van der Waals surface area contributed by atoms with E-state index in [1.165, 1.54) is 19.1 Å². The number of nitrogens with one attached hydrogen (secondary N) is 1. The molecule has 2 rings (SSSR count). The zero-order valence-corrected chi connectivity index (χ0v) is 11.4. The monoisotopic (exact) mass is 284 g/mol. The highest BCUT2D eigenvalue weighted by atomic mass is 32.2. The van der Waals surface area contributed by atoms with E-state index >= 15 is 0 Å². The van der Waals surface area contributed by atoms with Crippen LogP contribution in [0.1, 0.15) is 28.9 Å². The Bertz CT molecular complexity index is 592. The van der Waals surface area contributed by atoms with E-state index < -0.39 is 16.1 Å². The number of ether oxygens (including phenoxy) is 1. The highest BCUT2D eigenvalue weighted by molar-refractivity contribution is 7.89. The molecular formula is C12H16N2O4S. The van der Waals surface area contributed by atoms with Crippen molar-refractivity contribution in [3.05, 3.63) is 29.3 Å². The van der Waals surface area contributed by atoms with E-state index in [9.17, 15) is 13.2 Å². The number of hydrogen-bond acceptors (Lipinski definition) is 5. The molecule has 7 heteroatoms. The highest BCUT2D eigenvalue weighted by Gasteiger charge is 2.27. The Balaban J connectivity index is 2.62. The number of primary sulfonamides is 1. The SMILES string of the molecule is CC(=O)c1cccc(S(N)(=O)=O)c1C1CNCCO1. The average Bonchev–Trinajstić information content (AvgIpc) is 2.37. The normalized spacial score (nSPS) is 20.2. The fraction of sp³-hybridized carbons (Fsp3) is 0.417. The summed E-state index contributed by atoms with van der Waals surface area (Å²) in [7, 11) is -3.90. The van der Waals surface area contributed by atoms with Gasteiger partial charge in [0.15, 0.2) is 5.78 Å². The molecule has 0 bridgehead atoms. The smallest absolute Gasteiger partial charge is 0.238 e. The molecule has 1 saturated heterocycles. The van der Waals surface area contributed by atoms with Gasteiger partial charge in [0.05, 0.1) is 17.6 Å². The molecule has 6 nitrogen and oxygen atoms in total. The van der Waals surface area contributed by atoms with Crippen LogP contribution in [0.5, 0.6) is 0 Å². The van der Waals surface area contributed by atoms with Crippen LogP contribution in [0.4, 0.5) is 0 Å². The zero-order valence-electron chi connectivity index (χ0n) is 10.5. The molecule has 0 radical (unpaired) electrons. The van der Waals surface area contributed by atoms with Crippen molar-refractivity contribution in [2.45, 2.75) is 17.9 Å². The Morgan fingerprint density at radius 3 is 2.74 bits per heavy atom. The van der Waals surface area contributed by atoms with Gasteiger partial charge in [-0.05, 0) is 13.0 Å². The lowest BCUT2D eigenvalue weighted by Gasteiger charge is -2.26. The van der Waals surface area contributed by atoms with Gasteiger partial charge < -0.3 is 10.1 Å². The van der Waals surface area contributed by atoms with Gasteiger partial charge in [0.1, 0.15) is 0 Å². The van der Waals surface area contributed by atoms with E-state index in [1.54, 1.807) is 6.07 Å².